The average molecular weight is 1000 g/mol. The highest BCUT2D eigenvalue weighted by atomic mass is 16.6. The summed E-state index contributed by atoms with van der Waals surface area (Å²) in [5, 5.41) is 26.2. The first-order chi connectivity index (χ1) is 35.6. The number of aromatic amines is 1. The summed E-state index contributed by atoms with van der Waals surface area (Å²) in [5.74, 6) is -1.61. The van der Waals surface area contributed by atoms with Crippen molar-refractivity contribution in [3.63, 3.8) is 0 Å². The molecule has 1 amide bonds. The molecule has 6 aromatic rings. The number of carbonyl (C=O) groups is 2. The third-order valence-corrected chi connectivity index (χ3v) is 12.6. The van der Waals surface area contributed by atoms with Gasteiger partial charge >= 0.3 is 11.7 Å². The lowest BCUT2D eigenvalue weighted by molar-refractivity contribution is -0.238. The van der Waals surface area contributed by atoms with Crippen LogP contribution in [0.1, 0.15) is 47.4 Å². The highest BCUT2D eigenvalue weighted by molar-refractivity contribution is 5.75. The maximum absolute atomic E-state index is 13.9. The number of hydrogen-bond donors (Lipinski definition) is 4. The molecule has 0 radical (unpaired) electrons. The van der Waals surface area contributed by atoms with Crippen molar-refractivity contribution in [1.29, 1.82) is 0 Å². The quantitative estimate of drug-likeness (QED) is 0.0593. The summed E-state index contributed by atoms with van der Waals surface area (Å²) in [4.78, 5) is 54.4. The van der Waals surface area contributed by atoms with E-state index in [0.29, 0.717) is 0 Å². The first kappa shape index (κ1) is 52.7. The standard InChI is InChI=1S/C56H61N3O14/c1-37(60)57-48-44(72-45(35-66-30-38-17-7-2-8-18-38)50(67-31-39-19-9-3-10-20-39)52(48)69-33-41-23-13-5-14-24-41)29-43(61)49(63)55(64)71-36-46-51(68-32-40-21-11-4-12-22-40)53(70-34-42-25-15-6-16-26-42)54(73-46)59-28-27-47(62)58-56(59)65/h2-28,43-46,48-54,61,63H,29-36H2,1H3,(H,57,60)(H,58,62,65)/t43?,44-,45-,46-,48+,49?,50-,51-,52-,53-,54-/m1/s1. The molecule has 2 aliphatic rings. The number of esters is 1. The highest BCUT2D eigenvalue weighted by Crippen LogP contribution is 2.35. The van der Waals surface area contributed by atoms with Crippen molar-refractivity contribution in [2.24, 2.45) is 0 Å². The van der Waals surface area contributed by atoms with Gasteiger partial charge in [-0.15, -0.1) is 0 Å². The van der Waals surface area contributed by atoms with E-state index < -0.39 is 96.9 Å². The number of aliphatic hydroxyl groups is 2. The Labute approximate surface area is 422 Å². The largest absolute Gasteiger partial charge is 0.461 e. The molecule has 11 atom stereocenters. The van der Waals surface area contributed by atoms with E-state index in [9.17, 15) is 29.4 Å². The molecule has 0 spiro atoms. The average Bonchev–Trinajstić information content (AvgIpc) is 3.75. The number of rotatable bonds is 24. The molecule has 2 saturated heterocycles. The molecule has 1 aromatic heterocycles. The molecule has 17 nitrogen and oxygen atoms in total. The van der Waals surface area contributed by atoms with E-state index >= 15 is 0 Å². The van der Waals surface area contributed by atoms with E-state index in [1.807, 2.05) is 152 Å². The molecule has 2 aliphatic heterocycles. The molecule has 3 heterocycles. The van der Waals surface area contributed by atoms with Gasteiger partial charge in [-0.05, 0) is 27.8 Å². The van der Waals surface area contributed by atoms with Crippen LogP contribution in [0.3, 0.4) is 0 Å². The van der Waals surface area contributed by atoms with Crippen molar-refractivity contribution in [3.05, 3.63) is 213 Å². The zero-order valence-corrected chi connectivity index (χ0v) is 40.3. The van der Waals surface area contributed by atoms with Crippen LogP contribution in [0.5, 0.6) is 0 Å². The van der Waals surface area contributed by atoms with Gasteiger partial charge in [-0.2, -0.15) is 0 Å². The first-order valence-corrected chi connectivity index (χ1v) is 24.3. The predicted molar refractivity (Wildman–Crippen MR) is 265 cm³/mol. The number of carbonyl (C=O) groups excluding carboxylic acids is 2. The molecule has 8 rings (SSSR count). The van der Waals surface area contributed by atoms with Crippen LogP contribution in [-0.4, -0.2) is 106 Å². The SMILES string of the molecule is CC(=O)N[C@@H]1[C@@H](OCc2ccccc2)[C@H](OCc2ccccc2)[C@@H](COCc2ccccc2)O[C@@H]1CC(O)C(O)C(=O)OC[C@H]1O[C@@H](n2ccc(=O)[nH]c2=O)[C@H](OCc2ccccc2)[C@@H]1OCc1ccccc1. The smallest absolute Gasteiger partial charge is 0.337 e. The lowest BCUT2D eigenvalue weighted by atomic mass is 9.88. The fourth-order valence-electron chi connectivity index (χ4n) is 8.94. The molecule has 5 aromatic carbocycles. The number of amides is 1. The molecule has 384 valence electrons. The Morgan fingerprint density at radius 1 is 0.575 bits per heavy atom. The molecular weight excluding hydrogens is 939 g/mol. The fraction of sp³-hybridized carbons (Fsp3) is 0.357. The van der Waals surface area contributed by atoms with Crippen LogP contribution in [0.25, 0.3) is 0 Å². The van der Waals surface area contributed by atoms with E-state index in [-0.39, 0.29) is 46.1 Å². The molecule has 0 bridgehead atoms. The van der Waals surface area contributed by atoms with Gasteiger partial charge in [-0.1, -0.05) is 152 Å². The Balaban J connectivity index is 1.02. The maximum atomic E-state index is 13.9. The number of H-pyrrole nitrogens is 1. The minimum atomic E-state index is -2.11. The van der Waals surface area contributed by atoms with Crippen LogP contribution < -0.4 is 16.6 Å². The summed E-state index contributed by atoms with van der Waals surface area (Å²) in [6.45, 7) is 1.58. The van der Waals surface area contributed by atoms with E-state index in [0.717, 1.165) is 27.8 Å². The van der Waals surface area contributed by atoms with Crippen LogP contribution in [0.15, 0.2) is 174 Å². The topological polar surface area (TPSA) is 215 Å². The van der Waals surface area contributed by atoms with Crippen molar-refractivity contribution >= 4 is 11.9 Å². The second-order valence-electron chi connectivity index (χ2n) is 17.9. The zero-order valence-electron chi connectivity index (χ0n) is 40.3. The van der Waals surface area contributed by atoms with Gasteiger partial charge in [0.15, 0.2) is 12.3 Å². The minimum absolute atomic E-state index is 0.0145. The summed E-state index contributed by atoms with van der Waals surface area (Å²) in [6.07, 6.45) is -10.8. The number of aromatic nitrogens is 2. The van der Waals surface area contributed by atoms with Crippen molar-refractivity contribution in [3.8, 4) is 0 Å². The van der Waals surface area contributed by atoms with Crippen molar-refractivity contribution in [2.75, 3.05) is 13.2 Å². The molecule has 0 saturated carbocycles. The molecule has 0 aliphatic carbocycles. The third kappa shape index (κ3) is 14.8. The Morgan fingerprint density at radius 2 is 1.01 bits per heavy atom. The number of hydrogen-bond acceptors (Lipinski definition) is 14. The lowest BCUT2D eigenvalue weighted by Gasteiger charge is -2.47. The number of aliphatic hydroxyl groups excluding tert-OH is 2. The second kappa shape index (κ2) is 26.4. The molecule has 2 unspecified atom stereocenters. The van der Waals surface area contributed by atoms with Crippen LogP contribution >= 0.6 is 0 Å². The number of nitrogens with one attached hydrogen (secondary N) is 2. The Morgan fingerprint density at radius 3 is 1.49 bits per heavy atom. The summed E-state index contributed by atoms with van der Waals surface area (Å²) in [7, 11) is 0. The van der Waals surface area contributed by atoms with Gasteiger partial charge in [0.2, 0.25) is 5.91 Å². The lowest BCUT2D eigenvalue weighted by Crippen LogP contribution is -2.66. The molecule has 2 fully saturated rings. The number of ether oxygens (including phenoxy) is 8. The van der Waals surface area contributed by atoms with Gasteiger partial charge in [0, 0.05) is 25.6 Å². The molecule has 4 N–H and O–H groups in total. The Kier molecular flexibility index (Phi) is 19.0. The van der Waals surface area contributed by atoms with Gasteiger partial charge in [-0.3, -0.25) is 19.1 Å². The van der Waals surface area contributed by atoms with Crippen molar-refractivity contribution < 1.29 is 57.7 Å². The fourth-order valence-corrected chi connectivity index (χ4v) is 8.94. The molecular formula is C56H61N3O14. The number of nitrogens with zero attached hydrogens (tertiary/aromatic N) is 1. The van der Waals surface area contributed by atoms with Crippen LogP contribution in [0.4, 0.5) is 0 Å². The van der Waals surface area contributed by atoms with Crippen molar-refractivity contribution in [1.82, 2.24) is 14.9 Å². The van der Waals surface area contributed by atoms with Crippen LogP contribution in [0, 0.1) is 0 Å². The summed E-state index contributed by atoms with van der Waals surface area (Å²) >= 11 is 0. The minimum Gasteiger partial charge on any atom is -0.461 e. The number of benzene rings is 5. The Hall–Kier alpha value is -6.64. The summed E-state index contributed by atoms with van der Waals surface area (Å²) in [5.41, 5.74) is 2.93. The monoisotopic (exact) mass is 999 g/mol. The van der Waals surface area contributed by atoms with Crippen molar-refractivity contribution in [2.45, 2.75) is 114 Å². The third-order valence-electron chi connectivity index (χ3n) is 12.6. The van der Waals surface area contributed by atoms with Crippen LogP contribution in [-0.2, 0) is 80.5 Å². The van der Waals surface area contributed by atoms with E-state index in [2.05, 4.69) is 10.3 Å². The van der Waals surface area contributed by atoms with E-state index in [1.54, 1.807) is 0 Å². The van der Waals surface area contributed by atoms with Gasteiger partial charge in [0.25, 0.3) is 5.56 Å². The van der Waals surface area contributed by atoms with Gasteiger partial charge < -0.3 is 53.4 Å². The highest BCUT2D eigenvalue weighted by Gasteiger charge is 2.51. The van der Waals surface area contributed by atoms with Gasteiger partial charge in [0.1, 0.15) is 43.2 Å². The first-order valence-electron chi connectivity index (χ1n) is 24.3. The van der Waals surface area contributed by atoms with Gasteiger partial charge in [-0.25, -0.2) is 9.59 Å². The Bertz CT molecular complexity index is 2730. The second-order valence-corrected chi connectivity index (χ2v) is 17.9. The van der Waals surface area contributed by atoms with Gasteiger partial charge in [0.05, 0.1) is 57.9 Å². The summed E-state index contributed by atoms with van der Waals surface area (Å²) < 4.78 is 52.4. The normalized spacial score (nSPS) is 23.6. The van der Waals surface area contributed by atoms with E-state index in [4.69, 9.17) is 37.9 Å². The molecule has 73 heavy (non-hydrogen) atoms. The predicted octanol–water partition coefficient (Wildman–Crippen LogP) is 4.92. The molecule has 17 heteroatoms. The van der Waals surface area contributed by atoms with Crippen LogP contribution in [0.2, 0.25) is 0 Å². The summed E-state index contributed by atoms with van der Waals surface area (Å²) in [6, 6.07) is 47.5. The van der Waals surface area contributed by atoms with E-state index in [1.165, 1.54) is 23.8 Å². The zero-order chi connectivity index (χ0) is 50.9. The maximum Gasteiger partial charge on any atom is 0.337 e.